The van der Waals surface area contributed by atoms with E-state index in [1.54, 1.807) is 12.1 Å². The number of epoxide rings is 1. The van der Waals surface area contributed by atoms with Gasteiger partial charge in [-0.25, -0.2) is 4.98 Å². The molecule has 3 aromatic rings. The van der Waals surface area contributed by atoms with Crippen molar-refractivity contribution in [2.45, 2.75) is 25.2 Å². The summed E-state index contributed by atoms with van der Waals surface area (Å²) in [7, 11) is 1.33. The highest BCUT2D eigenvalue weighted by Gasteiger charge is 2.44. The molecule has 2 aromatic carbocycles. The molecule has 4 rings (SSSR count). The number of rotatable bonds is 5. The monoisotopic (exact) mass is 350 g/mol. The van der Waals surface area contributed by atoms with Gasteiger partial charge in [-0.05, 0) is 17.7 Å². The van der Waals surface area contributed by atoms with E-state index in [4.69, 9.17) is 9.47 Å². The highest BCUT2D eigenvalue weighted by Crippen LogP contribution is 2.50. The number of benzene rings is 2. The number of esters is 1. The molecule has 1 fully saturated rings. The summed E-state index contributed by atoms with van der Waals surface area (Å²) >= 11 is 0. The van der Waals surface area contributed by atoms with Crippen molar-refractivity contribution in [3.05, 3.63) is 76.3 Å². The first-order valence-corrected chi connectivity index (χ1v) is 8.45. The van der Waals surface area contributed by atoms with E-state index in [1.807, 2.05) is 42.5 Å². The van der Waals surface area contributed by atoms with Crippen LogP contribution < -0.4 is 5.56 Å². The Hall–Kier alpha value is -2.99. The van der Waals surface area contributed by atoms with Crippen LogP contribution in [0.15, 0.2) is 59.4 Å². The van der Waals surface area contributed by atoms with Crippen molar-refractivity contribution >= 4 is 16.9 Å². The van der Waals surface area contributed by atoms with E-state index >= 15 is 0 Å². The summed E-state index contributed by atoms with van der Waals surface area (Å²) in [5.74, 6) is 0.179. The third-order valence-electron chi connectivity index (χ3n) is 4.53. The average Bonchev–Trinajstić information content (AvgIpc) is 3.48. The molecular formula is C20H18N2O4. The Kier molecular flexibility index (Phi) is 4.26. The first-order valence-electron chi connectivity index (χ1n) is 8.45. The van der Waals surface area contributed by atoms with E-state index in [2.05, 4.69) is 4.98 Å². The van der Waals surface area contributed by atoms with Crippen molar-refractivity contribution in [1.29, 1.82) is 0 Å². The lowest BCUT2D eigenvalue weighted by atomic mass is 10.1. The molecule has 1 aromatic heterocycles. The molecule has 6 nitrogen and oxygen atoms in total. The molecule has 0 saturated carbocycles. The van der Waals surface area contributed by atoms with Crippen LogP contribution in [0.2, 0.25) is 0 Å². The first kappa shape index (κ1) is 16.5. The maximum atomic E-state index is 12.9. The van der Waals surface area contributed by atoms with Crippen LogP contribution in [0.4, 0.5) is 0 Å². The van der Waals surface area contributed by atoms with E-state index in [1.165, 1.54) is 11.7 Å². The average molecular weight is 350 g/mol. The third kappa shape index (κ3) is 2.99. The molecule has 0 bridgehead atoms. The smallest absolute Gasteiger partial charge is 0.307 e. The van der Waals surface area contributed by atoms with E-state index in [0.717, 1.165) is 5.56 Å². The molecule has 0 radical (unpaired) electrons. The van der Waals surface area contributed by atoms with Crippen LogP contribution in [0, 0.1) is 0 Å². The van der Waals surface area contributed by atoms with E-state index < -0.39 is 0 Å². The number of para-hydroxylation sites is 1. The standard InChI is InChI=1S/C20H18N2O4/c1-25-16(23)11-12-22-19(18-17(26-18)13-7-3-2-4-8-13)21-15-10-6-5-9-14(15)20(22)24/h2-10,17-18H,11-12H2,1H3. The van der Waals surface area contributed by atoms with Gasteiger partial charge in [0.25, 0.3) is 5.56 Å². The molecule has 0 spiro atoms. The molecular weight excluding hydrogens is 332 g/mol. The van der Waals surface area contributed by atoms with Crippen LogP contribution in [0.3, 0.4) is 0 Å². The summed E-state index contributed by atoms with van der Waals surface area (Å²) in [4.78, 5) is 29.2. The topological polar surface area (TPSA) is 73.7 Å². The summed E-state index contributed by atoms with van der Waals surface area (Å²) in [5.41, 5.74) is 1.50. The molecule has 2 heterocycles. The number of ether oxygens (including phenoxy) is 2. The van der Waals surface area contributed by atoms with Crippen molar-refractivity contribution < 1.29 is 14.3 Å². The van der Waals surface area contributed by atoms with Crippen LogP contribution in [-0.2, 0) is 20.8 Å². The molecule has 6 heteroatoms. The largest absolute Gasteiger partial charge is 0.469 e. The highest BCUT2D eigenvalue weighted by molar-refractivity contribution is 5.77. The minimum Gasteiger partial charge on any atom is -0.469 e. The lowest BCUT2D eigenvalue weighted by molar-refractivity contribution is -0.140. The quantitative estimate of drug-likeness (QED) is 0.522. The second-order valence-corrected chi connectivity index (χ2v) is 6.16. The zero-order valence-electron chi connectivity index (χ0n) is 14.3. The zero-order chi connectivity index (χ0) is 18.1. The number of carbonyl (C=O) groups is 1. The number of nitrogens with zero attached hydrogens (tertiary/aromatic N) is 2. The predicted octanol–water partition coefficient (Wildman–Crippen LogP) is 2.77. The molecule has 2 unspecified atom stereocenters. The summed E-state index contributed by atoms with van der Waals surface area (Å²) in [6.45, 7) is 0.208. The SMILES string of the molecule is COC(=O)CCn1c(C2OC2c2ccccc2)nc2ccccc2c1=O. The van der Waals surface area contributed by atoms with Gasteiger partial charge in [0.05, 0.1) is 24.4 Å². The first-order chi connectivity index (χ1) is 12.7. The molecule has 132 valence electrons. The Morgan fingerprint density at radius 3 is 2.62 bits per heavy atom. The Balaban J connectivity index is 1.75. The maximum Gasteiger partial charge on any atom is 0.307 e. The molecule has 2 atom stereocenters. The van der Waals surface area contributed by atoms with Gasteiger partial charge in [0, 0.05) is 6.54 Å². The van der Waals surface area contributed by atoms with E-state index in [9.17, 15) is 9.59 Å². The summed E-state index contributed by atoms with van der Waals surface area (Å²) < 4.78 is 12.1. The van der Waals surface area contributed by atoms with Crippen LogP contribution in [-0.4, -0.2) is 22.6 Å². The summed E-state index contributed by atoms with van der Waals surface area (Å²) in [5, 5.41) is 0.526. The van der Waals surface area contributed by atoms with Gasteiger partial charge in [-0.15, -0.1) is 0 Å². The third-order valence-corrected chi connectivity index (χ3v) is 4.53. The maximum absolute atomic E-state index is 12.9. The molecule has 0 amide bonds. The number of aromatic nitrogens is 2. The number of carbonyl (C=O) groups excluding carboxylic acids is 1. The van der Waals surface area contributed by atoms with Gasteiger partial charge in [-0.2, -0.15) is 0 Å². The lowest BCUT2D eigenvalue weighted by Crippen LogP contribution is -2.26. The fourth-order valence-corrected chi connectivity index (χ4v) is 3.13. The second-order valence-electron chi connectivity index (χ2n) is 6.16. The fraction of sp³-hybridized carbons (Fsp3) is 0.250. The van der Waals surface area contributed by atoms with Gasteiger partial charge in [-0.1, -0.05) is 42.5 Å². The van der Waals surface area contributed by atoms with Crippen molar-refractivity contribution in [3.63, 3.8) is 0 Å². The predicted molar refractivity (Wildman–Crippen MR) is 95.6 cm³/mol. The Morgan fingerprint density at radius 2 is 1.85 bits per heavy atom. The molecule has 1 aliphatic heterocycles. The van der Waals surface area contributed by atoms with Crippen molar-refractivity contribution in [3.8, 4) is 0 Å². The normalized spacial score (nSPS) is 18.7. The van der Waals surface area contributed by atoms with Crippen molar-refractivity contribution in [2.75, 3.05) is 7.11 Å². The highest BCUT2D eigenvalue weighted by atomic mass is 16.6. The van der Waals surface area contributed by atoms with Gasteiger partial charge in [0.1, 0.15) is 18.0 Å². The van der Waals surface area contributed by atoms with Gasteiger partial charge < -0.3 is 9.47 Å². The number of methoxy groups -OCH3 is 1. The van der Waals surface area contributed by atoms with Crippen LogP contribution in [0.25, 0.3) is 10.9 Å². The Bertz CT molecular complexity index is 1010. The summed E-state index contributed by atoms with van der Waals surface area (Å²) in [6.07, 6.45) is -0.326. The Morgan fingerprint density at radius 1 is 1.12 bits per heavy atom. The van der Waals surface area contributed by atoms with Gasteiger partial charge in [0.15, 0.2) is 0 Å². The molecule has 1 saturated heterocycles. The Labute approximate surface area is 150 Å². The lowest BCUT2D eigenvalue weighted by Gasteiger charge is -2.11. The zero-order valence-corrected chi connectivity index (χ0v) is 14.3. The van der Waals surface area contributed by atoms with Crippen molar-refractivity contribution in [1.82, 2.24) is 9.55 Å². The number of fused-ring (bicyclic) bond motifs is 1. The van der Waals surface area contributed by atoms with Gasteiger partial charge >= 0.3 is 5.97 Å². The van der Waals surface area contributed by atoms with E-state index in [0.29, 0.717) is 16.7 Å². The number of hydrogen-bond donors (Lipinski definition) is 0. The van der Waals surface area contributed by atoms with Gasteiger partial charge in [0.2, 0.25) is 0 Å². The number of hydrogen-bond acceptors (Lipinski definition) is 5. The molecule has 0 aliphatic carbocycles. The minimum atomic E-state index is -0.368. The van der Waals surface area contributed by atoms with Crippen LogP contribution >= 0.6 is 0 Å². The molecule has 0 N–H and O–H groups in total. The minimum absolute atomic E-state index is 0.103. The van der Waals surface area contributed by atoms with Crippen LogP contribution in [0.5, 0.6) is 0 Å². The fourth-order valence-electron chi connectivity index (χ4n) is 3.13. The molecule has 1 aliphatic rings. The van der Waals surface area contributed by atoms with Crippen LogP contribution in [0.1, 0.15) is 30.0 Å². The summed E-state index contributed by atoms with van der Waals surface area (Å²) in [6, 6.07) is 17.0. The van der Waals surface area contributed by atoms with Gasteiger partial charge in [-0.3, -0.25) is 14.2 Å². The van der Waals surface area contributed by atoms with Crippen molar-refractivity contribution in [2.24, 2.45) is 0 Å². The molecule has 26 heavy (non-hydrogen) atoms. The van der Waals surface area contributed by atoms with E-state index in [-0.39, 0.29) is 36.7 Å². The second kappa shape index (κ2) is 6.72.